The van der Waals surface area contributed by atoms with Crippen molar-refractivity contribution in [2.75, 3.05) is 35.0 Å². The monoisotopic (exact) mass is 410 g/mol. The fourth-order valence-electron chi connectivity index (χ4n) is 1.02. The molecule has 170 valence electrons. The van der Waals surface area contributed by atoms with Gasteiger partial charge in [0, 0.05) is 35.4 Å². The van der Waals surface area contributed by atoms with E-state index >= 15 is 0 Å². The summed E-state index contributed by atoms with van der Waals surface area (Å²) in [5.41, 5.74) is 0. The zero-order valence-corrected chi connectivity index (χ0v) is 20.5. The van der Waals surface area contributed by atoms with Gasteiger partial charge < -0.3 is 14.2 Å². The number of carbonyl (C=O) groups excluding carboxylic acids is 1. The SMILES string of the molecule is CC.CC.CCCOC(C)=O.COC.COC.c1ccccc1.c1ccccc1. The summed E-state index contributed by atoms with van der Waals surface area (Å²) < 4.78 is 13.1. The van der Waals surface area contributed by atoms with Crippen molar-refractivity contribution in [2.45, 2.75) is 48.0 Å². The van der Waals surface area contributed by atoms with Crippen LogP contribution in [0.2, 0.25) is 0 Å². The first kappa shape index (κ1) is 37.6. The Morgan fingerprint density at radius 3 is 0.828 bits per heavy atom. The molecule has 0 fully saturated rings. The highest BCUT2D eigenvalue weighted by Crippen LogP contribution is 1.80. The van der Waals surface area contributed by atoms with Crippen LogP contribution in [0.25, 0.3) is 0 Å². The van der Waals surface area contributed by atoms with Crippen molar-refractivity contribution in [1.82, 2.24) is 0 Å². The lowest BCUT2D eigenvalue weighted by Crippen LogP contribution is -1.98. The molecule has 0 aromatic heterocycles. The molecule has 2 rings (SSSR count). The number of benzene rings is 2. The Kier molecular flexibility index (Phi) is 64.9. The van der Waals surface area contributed by atoms with E-state index in [4.69, 9.17) is 0 Å². The predicted octanol–water partition coefficient (Wildman–Crippen LogP) is 6.91. The molecule has 4 heteroatoms. The summed E-state index contributed by atoms with van der Waals surface area (Å²) in [6.45, 7) is 11.9. The van der Waals surface area contributed by atoms with Crippen LogP contribution in [0.3, 0.4) is 0 Å². The standard InChI is InChI=1S/2C6H6.C5H10O2.2C2H6O.2C2H6/c2*1-2-4-6-5-3-1;1-3-4-7-5(2)6;2*1-3-2;2*1-2/h2*1-6H;3-4H2,1-2H3;2*1-2H3;2*1-2H3. The van der Waals surface area contributed by atoms with E-state index in [1.165, 1.54) is 6.92 Å². The van der Waals surface area contributed by atoms with Gasteiger partial charge in [-0.05, 0) is 6.42 Å². The number of hydrogen-bond donors (Lipinski definition) is 0. The molecule has 0 aliphatic rings. The largest absolute Gasteiger partial charge is 0.466 e. The first-order valence-corrected chi connectivity index (χ1v) is 10.0. The van der Waals surface area contributed by atoms with Crippen molar-refractivity contribution in [1.29, 1.82) is 0 Å². The Bertz CT molecular complexity index is 332. The van der Waals surface area contributed by atoms with Gasteiger partial charge in [-0.2, -0.15) is 0 Å². The van der Waals surface area contributed by atoms with Crippen LogP contribution in [0, 0.1) is 0 Å². The van der Waals surface area contributed by atoms with Gasteiger partial charge in [0.1, 0.15) is 0 Å². The summed E-state index contributed by atoms with van der Waals surface area (Å²) >= 11 is 0. The van der Waals surface area contributed by atoms with Gasteiger partial charge >= 0.3 is 5.97 Å². The van der Waals surface area contributed by atoms with E-state index in [-0.39, 0.29) is 5.97 Å². The minimum atomic E-state index is -0.193. The van der Waals surface area contributed by atoms with E-state index < -0.39 is 0 Å². The maximum atomic E-state index is 9.98. The van der Waals surface area contributed by atoms with E-state index in [0.717, 1.165) is 6.42 Å². The molecule has 4 nitrogen and oxygen atoms in total. The molecule has 2 aromatic rings. The molecule has 0 unspecified atom stereocenters. The quantitative estimate of drug-likeness (QED) is 0.505. The highest BCUT2D eigenvalue weighted by Gasteiger charge is 1.85. The van der Waals surface area contributed by atoms with Crippen molar-refractivity contribution in [3.8, 4) is 0 Å². The molecule has 0 saturated heterocycles. The summed E-state index contributed by atoms with van der Waals surface area (Å²) in [5, 5.41) is 0. The van der Waals surface area contributed by atoms with Gasteiger partial charge in [-0.25, -0.2) is 0 Å². The molecular weight excluding hydrogens is 364 g/mol. The minimum absolute atomic E-state index is 0.193. The number of hydrogen-bond acceptors (Lipinski definition) is 4. The van der Waals surface area contributed by atoms with Gasteiger partial charge in [-0.1, -0.05) is 107 Å². The molecule has 0 aliphatic heterocycles. The van der Waals surface area contributed by atoms with Gasteiger partial charge in [0.25, 0.3) is 0 Å². The molecule has 0 spiro atoms. The lowest BCUT2D eigenvalue weighted by Gasteiger charge is -1.93. The Hall–Kier alpha value is -2.17. The summed E-state index contributed by atoms with van der Waals surface area (Å²) in [6.07, 6.45) is 0.902. The lowest BCUT2D eigenvalue weighted by atomic mass is 10.4. The summed E-state index contributed by atoms with van der Waals surface area (Å²) in [6, 6.07) is 24.0. The minimum Gasteiger partial charge on any atom is -0.466 e. The third kappa shape index (κ3) is 76.7. The molecule has 0 atom stereocenters. The molecule has 0 N–H and O–H groups in total. The predicted molar refractivity (Wildman–Crippen MR) is 128 cm³/mol. The normalized spacial score (nSPS) is 6.97. The van der Waals surface area contributed by atoms with Crippen molar-refractivity contribution in [3.05, 3.63) is 72.8 Å². The van der Waals surface area contributed by atoms with Crippen molar-refractivity contribution >= 4 is 5.97 Å². The third-order valence-corrected chi connectivity index (χ3v) is 1.84. The van der Waals surface area contributed by atoms with Gasteiger partial charge in [0.15, 0.2) is 0 Å². The van der Waals surface area contributed by atoms with Gasteiger partial charge in [-0.3, -0.25) is 4.79 Å². The first-order valence-electron chi connectivity index (χ1n) is 10.0. The Labute approximate surface area is 181 Å². The number of methoxy groups -OCH3 is 2. The molecule has 0 heterocycles. The fourth-order valence-corrected chi connectivity index (χ4v) is 1.02. The Balaban J connectivity index is -0.0000000818. The van der Waals surface area contributed by atoms with E-state index in [2.05, 4.69) is 14.2 Å². The maximum absolute atomic E-state index is 9.98. The fraction of sp³-hybridized carbons (Fsp3) is 0.480. The number of esters is 1. The zero-order chi connectivity index (χ0) is 23.6. The van der Waals surface area contributed by atoms with Crippen LogP contribution in [0.5, 0.6) is 0 Å². The average Bonchev–Trinajstić information content (AvgIpc) is 2.79. The molecule has 0 saturated carbocycles. The van der Waals surface area contributed by atoms with Crippen LogP contribution in [-0.2, 0) is 19.0 Å². The van der Waals surface area contributed by atoms with Crippen LogP contribution in [-0.4, -0.2) is 41.0 Å². The van der Waals surface area contributed by atoms with Crippen LogP contribution < -0.4 is 0 Å². The second-order valence-corrected chi connectivity index (χ2v) is 4.47. The average molecular weight is 411 g/mol. The van der Waals surface area contributed by atoms with Gasteiger partial charge in [-0.15, -0.1) is 0 Å². The molecule has 0 radical (unpaired) electrons. The van der Waals surface area contributed by atoms with E-state index in [9.17, 15) is 4.79 Å². The van der Waals surface area contributed by atoms with Crippen LogP contribution in [0.4, 0.5) is 0 Å². The Morgan fingerprint density at radius 1 is 0.586 bits per heavy atom. The van der Waals surface area contributed by atoms with E-state index in [1.807, 2.05) is 107 Å². The highest BCUT2D eigenvalue weighted by molar-refractivity contribution is 5.65. The first-order chi connectivity index (χ1) is 14.1. The second-order valence-electron chi connectivity index (χ2n) is 4.47. The van der Waals surface area contributed by atoms with Gasteiger partial charge in [0.05, 0.1) is 6.61 Å². The molecule has 0 amide bonds. The van der Waals surface area contributed by atoms with Crippen molar-refractivity contribution in [3.63, 3.8) is 0 Å². The summed E-state index contributed by atoms with van der Waals surface area (Å²) in [5.74, 6) is -0.193. The smallest absolute Gasteiger partial charge is 0.302 e. The van der Waals surface area contributed by atoms with Crippen molar-refractivity contribution in [2.24, 2.45) is 0 Å². The van der Waals surface area contributed by atoms with Crippen LogP contribution in [0.15, 0.2) is 72.8 Å². The van der Waals surface area contributed by atoms with E-state index in [0.29, 0.717) is 6.61 Å². The molecule has 0 aliphatic carbocycles. The van der Waals surface area contributed by atoms with Crippen LogP contribution in [0.1, 0.15) is 48.0 Å². The third-order valence-electron chi connectivity index (χ3n) is 1.84. The summed E-state index contributed by atoms with van der Waals surface area (Å²) in [4.78, 5) is 9.98. The molecular formula is C25H46O4. The van der Waals surface area contributed by atoms with Crippen molar-refractivity contribution < 1.29 is 19.0 Å². The molecule has 2 aromatic carbocycles. The maximum Gasteiger partial charge on any atom is 0.302 e. The zero-order valence-electron chi connectivity index (χ0n) is 20.5. The second kappa shape index (κ2) is 50.1. The van der Waals surface area contributed by atoms with E-state index in [1.54, 1.807) is 28.4 Å². The number of ether oxygens (including phenoxy) is 3. The number of rotatable bonds is 2. The summed E-state index contributed by atoms with van der Waals surface area (Å²) in [7, 11) is 6.50. The highest BCUT2D eigenvalue weighted by atomic mass is 16.5. The topological polar surface area (TPSA) is 44.8 Å². The molecule has 29 heavy (non-hydrogen) atoms. The lowest BCUT2D eigenvalue weighted by molar-refractivity contribution is -0.140. The Morgan fingerprint density at radius 2 is 0.759 bits per heavy atom. The number of carbonyl (C=O) groups is 1. The van der Waals surface area contributed by atoms with Gasteiger partial charge in [0.2, 0.25) is 0 Å². The van der Waals surface area contributed by atoms with Crippen LogP contribution >= 0.6 is 0 Å². The molecule has 0 bridgehead atoms.